The fraction of sp³-hybridized carbons (Fsp3) is 0.462. The molecule has 1 heterocycles. The number of hydrogen-bond donors (Lipinski definition) is 3. The molecule has 0 spiro atoms. The Morgan fingerprint density at radius 1 is 1.24 bits per heavy atom. The summed E-state index contributed by atoms with van der Waals surface area (Å²) in [4.78, 5) is 24.3. The van der Waals surface area contributed by atoms with Gasteiger partial charge < -0.3 is 20.9 Å². The quantitative estimate of drug-likeness (QED) is 0.525. The van der Waals surface area contributed by atoms with Crippen molar-refractivity contribution in [1.29, 1.82) is 0 Å². The molecular formula is C26H30Cl2N2O4. The van der Waals surface area contributed by atoms with Gasteiger partial charge in [-0.3, -0.25) is 9.59 Å². The smallest absolute Gasteiger partial charge is 0.255 e. The maximum absolute atomic E-state index is 13.3. The highest BCUT2D eigenvalue weighted by atomic mass is 35.5. The van der Waals surface area contributed by atoms with Crippen molar-refractivity contribution in [3.05, 3.63) is 63.6 Å². The molecule has 4 N–H and O–H groups in total. The number of rotatable bonds is 7. The first-order valence-electron chi connectivity index (χ1n) is 11.5. The van der Waals surface area contributed by atoms with Crippen LogP contribution in [0.2, 0.25) is 10.0 Å². The minimum absolute atomic E-state index is 0.00154. The minimum Gasteiger partial charge on any atom is -0.484 e. The zero-order valence-corrected chi connectivity index (χ0v) is 20.8. The number of carbonyl (C=O) groups is 2. The molecule has 0 aromatic heterocycles. The van der Waals surface area contributed by atoms with Crippen molar-refractivity contribution in [1.82, 2.24) is 5.32 Å². The van der Waals surface area contributed by atoms with Crippen LogP contribution in [0.4, 0.5) is 0 Å². The number of primary amides is 1. The summed E-state index contributed by atoms with van der Waals surface area (Å²) in [5.74, 6) is -0.147. The number of aliphatic hydroxyl groups is 1. The van der Waals surface area contributed by atoms with E-state index in [1.807, 2.05) is 37.3 Å². The van der Waals surface area contributed by atoms with E-state index < -0.39 is 16.7 Å². The minimum atomic E-state index is -0.657. The molecule has 2 amide bonds. The van der Waals surface area contributed by atoms with Gasteiger partial charge in [-0.2, -0.15) is 0 Å². The average Bonchev–Trinajstić information content (AvgIpc) is 3.04. The Balaban J connectivity index is 1.84. The fourth-order valence-electron chi connectivity index (χ4n) is 6.63. The largest absolute Gasteiger partial charge is 0.484 e. The topological polar surface area (TPSA) is 102 Å². The number of halogens is 2. The molecule has 2 aliphatic rings. The van der Waals surface area contributed by atoms with Crippen LogP contribution < -0.4 is 15.8 Å². The van der Waals surface area contributed by atoms with Crippen LogP contribution in [0, 0.1) is 11.3 Å². The maximum Gasteiger partial charge on any atom is 0.255 e. The summed E-state index contributed by atoms with van der Waals surface area (Å²) in [5.41, 5.74) is 6.08. The molecule has 1 saturated carbocycles. The summed E-state index contributed by atoms with van der Waals surface area (Å²) < 4.78 is 5.43. The van der Waals surface area contributed by atoms with Gasteiger partial charge in [-0.25, -0.2) is 0 Å². The lowest BCUT2D eigenvalue weighted by Gasteiger charge is -2.55. The van der Waals surface area contributed by atoms with Crippen LogP contribution in [-0.2, 0) is 15.0 Å². The highest BCUT2D eigenvalue weighted by Gasteiger charge is 2.64. The van der Waals surface area contributed by atoms with E-state index in [0.717, 1.165) is 17.5 Å². The highest BCUT2D eigenvalue weighted by Crippen LogP contribution is 2.63. The second-order valence-corrected chi connectivity index (χ2v) is 10.5. The molecule has 0 unspecified atom stereocenters. The number of carbonyl (C=O) groups excluding carboxylic acids is 2. The monoisotopic (exact) mass is 504 g/mol. The van der Waals surface area contributed by atoms with Gasteiger partial charge in [0.2, 0.25) is 5.91 Å². The summed E-state index contributed by atoms with van der Waals surface area (Å²) in [6.07, 6.45) is 1.78. The van der Waals surface area contributed by atoms with E-state index in [9.17, 15) is 14.7 Å². The molecule has 1 aliphatic carbocycles. The molecule has 6 nitrogen and oxygen atoms in total. The predicted molar refractivity (Wildman–Crippen MR) is 132 cm³/mol. The normalized spacial score (nSPS) is 30.5. The third-order valence-electron chi connectivity index (χ3n) is 7.91. The maximum atomic E-state index is 13.3. The van der Waals surface area contributed by atoms with Crippen molar-refractivity contribution < 1.29 is 19.4 Å². The van der Waals surface area contributed by atoms with Crippen molar-refractivity contribution in [2.45, 2.75) is 50.5 Å². The van der Waals surface area contributed by atoms with E-state index in [2.05, 4.69) is 12.2 Å². The molecule has 1 aliphatic heterocycles. The second kappa shape index (κ2) is 9.40. The first-order valence-corrected chi connectivity index (χ1v) is 12.3. The first-order chi connectivity index (χ1) is 16.1. The second-order valence-electron chi connectivity index (χ2n) is 9.69. The van der Waals surface area contributed by atoms with Gasteiger partial charge in [-0.05, 0) is 67.5 Å². The van der Waals surface area contributed by atoms with Gasteiger partial charge in [0.25, 0.3) is 5.91 Å². The zero-order chi connectivity index (χ0) is 24.7. The van der Waals surface area contributed by atoms with E-state index in [4.69, 9.17) is 33.7 Å². The van der Waals surface area contributed by atoms with Crippen LogP contribution >= 0.6 is 23.2 Å². The van der Waals surface area contributed by atoms with Crippen LogP contribution in [-0.4, -0.2) is 36.2 Å². The van der Waals surface area contributed by atoms with Crippen molar-refractivity contribution in [3.8, 4) is 5.75 Å². The van der Waals surface area contributed by atoms with Gasteiger partial charge in [0.1, 0.15) is 5.75 Å². The van der Waals surface area contributed by atoms with Crippen molar-refractivity contribution in [3.63, 3.8) is 0 Å². The summed E-state index contributed by atoms with van der Waals surface area (Å²) in [7, 11) is 0. The summed E-state index contributed by atoms with van der Waals surface area (Å²) in [6.45, 7) is 3.96. The van der Waals surface area contributed by atoms with E-state index in [-0.39, 0.29) is 37.0 Å². The van der Waals surface area contributed by atoms with E-state index >= 15 is 0 Å². The van der Waals surface area contributed by atoms with Gasteiger partial charge in [-0.1, -0.05) is 48.3 Å². The molecule has 5 atom stereocenters. The molecule has 8 heteroatoms. The third kappa shape index (κ3) is 4.06. The van der Waals surface area contributed by atoms with Crippen LogP contribution in [0.15, 0.2) is 42.5 Å². The predicted octanol–water partition coefficient (Wildman–Crippen LogP) is 4.20. The molecular weight excluding hydrogens is 475 g/mol. The SMILES string of the molecule is C[C@H]1NC(=O)[C@]2(CCO)CC[C@@H](c3ccc(OCC(N)=O)cc3Cl)[C@](C)(c3ccc(Cl)cc3)[C@H]12. The number of aliphatic hydroxyl groups excluding tert-OH is 1. The van der Waals surface area contributed by atoms with E-state index in [0.29, 0.717) is 28.6 Å². The van der Waals surface area contributed by atoms with Crippen molar-refractivity contribution in [2.75, 3.05) is 13.2 Å². The summed E-state index contributed by atoms with van der Waals surface area (Å²) >= 11 is 13.0. The molecule has 2 aromatic rings. The molecule has 2 fully saturated rings. The summed E-state index contributed by atoms with van der Waals surface area (Å²) in [5, 5.41) is 14.3. The standard InChI is InChI=1S/C26H30Cl2N2O4/c1-15-23-25(2,16-3-5-17(27)6-4-16)20(9-10-26(23,11-12-31)24(33)30-15)19-8-7-18(13-21(19)28)34-14-22(29)32/h3-8,13,15,20,23,31H,9-12,14H2,1-2H3,(H2,29,32)(H,30,33)/t15-,20+,23+,25+,26+/m1/s1. The zero-order valence-electron chi connectivity index (χ0n) is 19.3. The number of nitrogens with two attached hydrogens (primary N) is 1. The molecule has 182 valence electrons. The van der Waals surface area contributed by atoms with Gasteiger partial charge in [-0.15, -0.1) is 0 Å². The molecule has 2 aromatic carbocycles. The van der Waals surface area contributed by atoms with Crippen molar-refractivity contribution >= 4 is 35.0 Å². The Labute approximate surface area is 209 Å². The molecule has 0 bridgehead atoms. The lowest BCUT2D eigenvalue weighted by molar-refractivity contribution is -0.134. The van der Waals surface area contributed by atoms with Crippen LogP contribution in [0.5, 0.6) is 5.75 Å². The Bertz CT molecular complexity index is 1090. The molecule has 1 saturated heterocycles. The fourth-order valence-corrected chi connectivity index (χ4v) is 7.06. The molecule has 4 rings (SSSR count). The number of benzene rings is 2. The Morgan fingerprint density at radius 3 is 2.56 bits per heavy atom. The number of nitrogens with one attached hydrogen (secondary N) is 1. The Morgan fingerprint density at radius 2 is 1.94 bits per heavy atom. The highest BCUT2D eigenvalue weighted by molar-refractivity contribution is 6.31. The van der Waals surface area contributed by atoms with E-state index in [1.54, 1.807) is 12.1 Å². The van der Waals surface area contributed by atoms with Gasteiger partial charge in [0.15, 0.2) is 6.61 Å². The number of fused-ring (bicyclic) bond motifs is 1. The van der Waals surface area contributed by atoms with Crippen LogP contribution in [0.1, 0.15) is 50.2 Å². The Hall–Kier alpha value is -2.28. The molecule has 0 radical (unpaired) electrons. The van der Waals surface area contributed by atoms with E-state index in [1.165, 1.54) is 0 Å². The first kappa shape index (κ1) is 24.8. The van der Waals surface area contributed by atoms with Gasteiger partial charge >= 0.3 is 0 Å². The lowest BCUT2D eigenvalue weighted by atomic mass is 9.47. The Kier molecular flexibility index (Phi) is 6.87. The number of ether oxygens (including phenoxy) is 1. The lowest BCUT2D eigenvalue weighted by Crippen LogP contribution is -2.54. The average molecular weight is 505 g/mol. The molecule has 34 heavy (non-hydrogen) atoms. The van der Waals surface area contributed by atoms with Gasteiger partial charge in [0.05, 0.1) is 5.41 Å². The number of amides is 2. The van der Waals surface area contributed by atoms with Gasteiger partial charge in [0, 0.05) is 34.0 Å². The van der Waals surface area contributed by atoms with Crippen molar-refractivity contribution in [2.24, 2.45) is 17.1 Å². The number of hydrogen-bond acceptors (Lipinski definition) is 4. The van der Waals surface area contributed by atoms with Crippen LogP contribution in [0.3, 0.4) is 0 Å². The third-order valence-corrected chi connectivity index (χ3v) is 8.49. The summed E-state index contributed by atoms with van der Waals surface area (Å²) in [6, 6.07) is 13.2. The van der Waals surface area contributed by atoms with Crippen LogP contribution in [0.25, 0.3) is 0 Å².